The summed E-state index contributed by atoms with van der Waals surface area (Å²) < 4.78 is 0. The van der Waals surface area contributed by atoms with Gasteiger partial charge in [-0.2, -0.15) is 0 Å². The van der Waals surface area contributed by atoms with Gasteiger partial charge in [0.25, 0.3) is 0 Å². The molecule has 6 nitrogen and oxygen atoms in total. The predicted octanol–water partition coefficient (Wildman–Crippen LogP) is 6.96. The Labute approximate surface area is 225 Å². The van der Waals surface area contributed by atoms with Gasteiger partial charge in [0, 0.05) is 23.4 Å². The maximum absolute atomic E-state index is 14.0. The first-order chi connectivity index (χ1) is 18.2. The van der Waals surface area contributed by atoms with Crippen LogP contribution in [0.1, 0.15) is 74.5 Å². The number of fused-ring (bicyclic) bond motifs is 2. The fourth-order valence-corrected chi connectivity index (χ4v) is 6.27. The highest BCUT2D eigenvalue weighted by Gasteiger charge is 2.38. The van der Waals surface area contributed by atoms with Crippen LogP contribution in [0.2, 0.25) is 0 Å². The van der Waals surface area contributed by atoms with Crippen LogP contribution >= 0.6 is 0 Å². The van der Waals surface area contributed by atoms with Crippen molar-refractivity contribution in [1.29, 1.82) is 0 Å². The summed E-state index contributed by atoms with van der Waals surface area (Å²) in [6.07, 6.45) is 4.67. The second kappa shape index (κ2) is 10.9. The molecule has 0 bridgehead atoms. The summed E-state index contributed by atoms with van der Waals surface area (Å²) in [7, 11) is 0. The number of aryl methyl sites for hydroxylation is 1. The Morgan fingerprint density at radius 2 is 1.68 bits per heavy atom. The van der Waals surface area contributed by atoms with E-state index in [0.717, 1.165) is 55.5 Å². The van der Waals surface area contributed by atoms with E-state index in [9.17, 15) is 14.7 Å². The number of hydrogen-bond acceptors (Lipinski definition) is 4. The first kappa shape index (κ1) is 26.4. The highest BCUT2D eigenvalue weighted by molar-refractivity contribution is 6.14. The molecule has 0 radical (unpaired) electrons. The molecule has 1 saturated heterocycles. The summed E-state index contributed by atoms with van der Waals surface area (Å²) in [5.74, 6) is 0.620. The van der Waals surface area contributed by atoms with Crippen LogP contribution in [0.15, 0.2) is 54.6 Å². The minimum atomic E-state index is -1.05. The molecule has 1 aliphatic heterocycles. The molecule has 1 unspecified atom stereocenters. The Bertz CT molecular complexity index is 1310. The zero-order valence-corrected chi connectivity index (χ0v) is 22.8. The largest absolute Gasteiger partial charge is 0.465 e. The first-order valence-electron chi connectivity index (χ1n) is 14.0. The van der Waals surface area contributed by atoms with Gasteiger partial charge in [-0.15, -0.1) is 0 Å². The van der Waals surface area contributed by atoms with Crippen LogP contribution in [-0.4, -0.2) is 45.5 Å². The molecule has 0 saturated carbocycles. The van der Waals surface area contributed by atoms with Crippen molar-refractivity contribution in [3.05, 3.63) is 71.4 Å². The van der Waals surface area contributed by atoms with E-state index in [1.165, 1.54) is 23.3 Å². The zero-order valence-electron chi connectivity index (χ0n) is 22.8. The first-order valence-corrected chi connectivity index (χ1v) is 14.0. The molecule has 0 spiro atoms. The van der Waals surface area contributed by atoms with Gasteiger partial charge in [-0.25, -0.2) is 4.79 Å². The number of carboxylic acid groups (broad SMARTS) is 1. The number of rotatable bonds is 6. The Morgan fingerprint density at radius 3 is 2.37 bits per heavy atom. The number of anilines is 1. The van der Waals surface area contributed by atoms with Crippen LogP contribution in [0.25, 0.3) is 10.9 Å². The smallest absolute Gasteiger partial charge is 0.412 e. The van der Waals surface area contributed by atoms with Crippen molar-refractivity contribution in [2.45, 2.75) is 71.4 Å². The third-order valence-corrected chi connectivity index (χ3v) is 8.25. The molecule has 38 heavy (non-hydrogen) atoms. The Kier molecular flexibility index (Phi) is 7.53. The fourth-order valence-electron chi connectivity index (χ4n) is 6.27. The minimum Gasteiger partial charge on any atom is -0.465 e. The van der Waals surface area contributed by atoms with Crippen molar-refractivity contribution in [1.82, 2.24) is 9.88 Å². The normalized spacial score (nSPS) is 18.9. The molecule has 1 amide bonds. The molecule has 1 aromatic heterocycles. The molecule has 2 aromatic carbocycles. The van der Waals surface area contributed by atoms with Crippen LogP contribution in [0.5, 0.6) is 0 Å². The molecule has 1 aliphatic carbocycles. The summed E-state index contributed by atoms with van der Waals surface area (Å²) in [4.78, 5) is 35.3. The van der Waals surface area contributed by atoms with E-state index in [2.05, 4.69) is 35.2 Å². The van der Waals surface area contributed by atoms with E-state index in [4.69, 9.17) is 4.98 Å². The Hall–Kier alpha value is -3.25. The number of hydrogen-bond donors (Lipinski definition) is 1. The fraction of sp³-hybridized carbons (Fsp3) is 0.469. The topological polar surface area (TPSA) is 73.7 Å². The number of carbonyl (C=O) groups is 2. The zero-order chi connectivity index (χ0) is 26.9. The Morgan fingerprint density at radius 1 is 1.00 bits per heavy atom. The van der Waals surface area contributed by atoms with Gasteiger partial charge < -0.3 is 5.11 Å². The van der Waals surface area contributed by atoms with Crippen molar-refractivity contribution in [3.8, 4) is 0 Å². The number of para-hydroxylation sites is 1. The van der Waals surface area contributed by atoms with E-state index in [0.29, 0.717) is 23.6 Å². The highest BCUT2D eigenvalue weighted by Crippen LogP contribution is 2.41. The second-order valence-corrected chi connectivity index (χ2v) is 12.0. The number of ketones is 1. The van der Waals surface area contributed by atoms with Crippen LogP contribution in [0.4, 0.5) is 10.5 Å². The number of carbonyl (C=O) groups excluding carboxylic acids is 1. The number of Topliss-reactive ketones (excluding diaryl/α,β-unsaturated/α-hetero) is 1. The maximum atomic E-state index is 14.0. The number of likely N-dealkylation sites (tertiary alicyclic amines) is 1. The molecule has 2 aliphatic rings. The van der Waals surface area contributed by atoms with Crippen LogP contribution in [-0.2, 0) is 13.0 Å². The monoisotopic (exact) mass is 513 g/mol. The third-order valence-electron chi connectivity index (χ3n) is 8.25. The van der Waals surface area contributed by atoms with Crippen LogP contribution in [0.3, 0.4) is 0 Å². The van der Waals surface area contributed by atoms with Gasteiger partial charge >= 0.3 is 6.09 Å². The average Bonchev–Trinajstić information content (AvgIpc) is 2.88. The highest BCUT2D eigenvalue weighted by atomic mass is 16.4. The molecule has 200 valence electrons. The van der Waals surface area contributed by atoms with E-state index in [1.54, 1.807) is 0 Å². The average molecular weight is 514 g/mol. The number of nitrogens with zero attached hydrogens (tertiary/aromatic N) is 3. The van der Waals surface area contributed by atoms with Gasteiger partial charge in [-0.05, 0) is 89.9 Å². The summed E-state index contributed by atoms with van der Waals surface area (Å²) in [6.45, 7) is 8.82. The number of piperidine rings is 1. The molecule has 6 heteroatoms. The van der Waals surface area contributed by atoms with Gasteiger partial charge in [0.2, 0.25) is 0 Å². The van der Waals surface area contributed by atoms with Gasteiger partial charge in [0.1, 0.15) is 0 Å². The predicted molar refractivity (Wildman–Crippen MR) is 152 cm³/mol. The van der Waals surface area contributed by atoms with Crippen molar-refractivity contribution >= 4 is 28.5 Å². The summed E-state index contributed by atoms with van der Waals surface area (Å²) in [6, 6.07) is 18.2. The number of amides is 1. The molecular weight excluding hydrogens is 474 g/mol. The number of pyridine rings is 1. The quantitative estimate of drug-likeness (QED) is 0.386. The van der Waals surface area contributed by atoms with Crippen LogP contribution < -0.4 is 4.90 Å². The van der Waals surface area contributed by atoms with Gasteiger partial charge in [-0.3, -0.25) is 19.6 Å². The van der Waals surface area contributed by atoms with E-state index >= 15 is 0 Å². The van der Waals surface area contributed by atoms with Crippen molar-refractivity contribution in [3.63, 3.8) is 0 Å². The summed E-state index contributed by atoms with van der Waals surface area (Å²) in [5.41, 5.74) is 3.17. The van der Waals surface area contributed by atoms with E-state index in [-0.39, 0.29) is 11.7 Å². The lowest BCUT2D eigenvalue weighted by molar-refractivity contribution is 0.0881. The lowest BCUT2D eigenvalue weighted by atomic mass is 9.78. The van der Waals surface area contributed by atoms with Crippen molar-refractivity contribution in [2.75, 3.05) is 18.0 Å². The minimum absolute atomic E-state index is 0.0662. The molecule has 1 N–H and O–H groups in total. The van der Waals surface area contributed by atoms with Crippen LogP contribution in [0, 0.1) is 11.8 Å². The summed E-state index contributed by atoms with van der Waals surface area (Å²) in [5, 5.41) is 11.0. The second-order valence-electron chi connectivity index (χ2n) is 12.0. The van der Waals surface area contributed by atoms with Gasteiger partial charge in [0.15, 0.2) is 5.78 Å². The summed E-state index contributed by atoms with van der Waals surface area (Å²) >= 11 is 0. The molecular formula is C32H39N3O3. The number of benzene rings is 2. The molecule has 1 atom stereocenters. The number of aromatic nitrogens is 1. The lowest BCUT2D eigenvalue weighted by Crippen LogP contribution is -2.46. The molecule has 2 heterocycles. The van der Waals surface area contributed by atoms with Crippen molar-refractivity contribution in [2.24, 2.45) is 11.8 Å². The maximum Gasteiger partial charge on any atom is 0.412 e. The van der Waals surface area contributed by atoms with Gasteiger partial charge in [-0.1, -0.05) is 48.5 Å². The third kappa shape index (κ3) is 5.46. The Balaban J connectivity index is 1.32. The van der Waals surface area contributed by atoms with Gasteiger partial charge in [0.05, 0.1) is 22.5 Å². The molecule has 1 fully saturated rings. The van der Waals surface area contributed by atoms with Crippen molar-refractivity contribution < 1.29 is 14.7 Å². The van der Waals surface area contributed by atoms with E-state index in [1.807, 2.05) is 45.0 Å². The molecule has 3 aromatic rings. The molecule has 5 rings (SSSR count). The van der Waals surface area contributed by atoms with E-state index < -0.39 is 11.6 Å². The SMILES string of the molecule is CC(C)(C)N(C(=O)O)c1c2c(nc3ccccc13)CCC(CCC1CCN(Cc3ccccc3)CC1)C2=O. The standard InChI is InChI=1S/C32H39N3O3/c1-32(2,3)35(31(37)38)29-25-11-7-8-12-26(25)33-27-16-15-24(30(36)28(27)29)14-13-22-17-19-34(20-18-22)21-23-9-5-4-6-10-23/h4-12,22,24H,13-21H2,1-3H3,(H,37,38). The lowest BCUT2D eigenvalue weighted by Gasteiger charge is -2.37.